The maximum absolute atomic E-state index is 12.7. The molecule has 10 heteroatoms. The average Bonchev–Trinajstić information content (AvgIpc) is 2.63. The third kappa shape index (κ3) is 5.91. The Labute approximate surface area is 159 Å². The molecule has 1 aliphatic heterocycles. The van der Waals surface area contributed by atoms with Crippen LogP contribution in [-0.2, 0) is 14.8 Å². The second-order valence-corrected chi connectivity index (χ2v) is 8.08. The summed E-state index contributed by atoms with van der Waals surface area (Å²) in [5.41, 5.74) is 0. The molecule has 0 atom stereocenters. The minimum atomic E-state index is -3.57. The van der Waals surface area contributed by atoms with Crippen molar-refractivity contribution in [3.05, 3.63) is 24.3 Å². The lowest BCUT2D eigenvalue weighted by Gasteiger charge is -2.31. The standard InChI is InChI=1S/C17H26N4O5S/c1-3-18-17(23)19-16(22)13-20-9-11-21(12-10-20)27(24,25)15-7-5-14(6-8-15)26-4-2/h5-8H,3-4,9-13H2,1-2H3,(H2,18,19,22,23)/p+1. The number of hydrogen-bond donors (Lipinski definition) is 3. The van der Waals surface area contributed by atoms with Gasteiger partial charge in [-0.05, 0) is 38.1 Å². The minimum absolute atomic E-state index is 0.133. The summed E-state index contributed by atoms with van der Waals surface area (Å²) in [6.07, 6.45) is 0. The molecule has 3 amide bonds. The van der Waals surface area contributed by atoms with Gasteiger partial charge >= 0.3 is 6.03 Å². The maximum Gasteiger partial charge on any atom is 0.321 e. The molecule has 0 aromatic heterocycles. The van der Waals surface area contributed by atoms with E-state index in [0.29, 0.717) is 45.1 Å². The van der Waals surface area contributed by atoms with E-state index >= 15 is 0 Å². The van der Waals surface area contributed by atoms with Crippen LogP contribution in [0.5, 0.6) is 5.75 Å². The van der Waals surface area contributed by atoms with Crippen LogP contribution in [0.1, 0.15) is 13.8 Å². The van der Waals surface area contributed by atoms with Crippen molar-refractivity contribution in [1.82, 2.24) is 14.9 Å². The van der Waals surface area contributed by atoms with E-state index in [4.69, 9.17) is 4.74 Å². The van der Waals surface area contributed by atoms with E-state index in [1.165, 1.54) is 4.31 Å². The van der Waals surface area contributed by atoms with Crippen molar-refractivity contribution in [3.8, 4) is 5.75 Å². The van der Waals surface area contributed by atoms with E-state index in [-0.39, 0.29) is 17.3 Å². The number of nitrogens with one attached hydrogen (secondary N) is 3. The summed E-state index contributed by atoms with van der Waals surface area (Å²) in [4.78, 5) is 24.4. The molecule has 1 fully saturated rings. The van der Waals surface area contributed by atoms with E-state index in [2.05, 4.69) is 10.6 Å². The van der Waals surface area contributed by atoms with Crippen LogP contribution in [0, 0.1) is 0 Å². The quantitative estimate of drug-likeness (QED) is 0.535. The zero-order chi connectivity index (χ0) is 19.9. The molecule has 0 spiro atoms. The van der Waals surface area contributed by atoms with Gasteiger partial charge in [-0.2, -0.15) is 4.31 Å². The SMILES string of the molecule is CCNC(=O)NC(=O)C[NH+]1CCN(S(=O)(=O)c2ccc(OCC)cc2)CC1. The number of carbonyl (C=O) groups is 2. The molecule has 1 heterocycles. The number of ether oxygens (including phenoxy) is 1. The van der Waals surface area contributed by atoms with Gasteiger partial charge in [-0.3, -0.25) is 10.1 Å². The van der Waals surface area contributed by atoms with Crippen LogP contribution >= 0.6 is 0 Å². The Balaban J connectivity index is 1.88. The molecule has 0 aliphatic carbocycles. The number of urea groups is 1. The van der Waals surface area contributed by atoms with Crippen LogP contribution in [0.2, 0.25) is 0 Å². The Morgan fingerprint density at radius 1 is 1.15 bits per heavy atom. The van der Waals surface area contributed by atoms with Gasteiger partial charge in [-0.25, -0.2) is 13.2 Å². The summed E-state index contributed by atoms with van der Waals surface area (Å²) >= 11 is 0. The molecule has 0 saturated carbocycles. The van der Waals surface area contributed by atoms with Crippen molar-refractivity contribution < 1.29 is 27.6 Å². The van der Waals surface area contributed by atoms with Crippen molar-refractivity contribution in [2.45, 2.75) is 18.7 Å². The van der Waals surface area contributed by atoms with E-state index in [1.807, 2.05) is 6.92 Å². The Bertz CT molecular complexity index is 743. The highest BCUT2D eigenvalue weighted by molar-refractivity contribution is 7.89. The lowest BCUT2D eigenvalue weighted by molar-refractivity contribution is -0.895. The lowest BCUT2D eigenvalue weighted by Crippen LogP contribution is -3.15. The van der Waals surface area contributed by atoms with E-state index in [9.17, 15) is 18.0 Å². The lowest BCUT2D eigenvalue weighted by atomic mass is 10.3. The molecular formula is C17H27N4O5S+. The van der Waals surface area contributed by atoms with Gasteiger partial charge in [0, 0.05) is 6.54 Å². The fraction of sp³-hybridized carbons (Fsp3) is 0.529. The smallest absolute Gasteiger partial charge is 0.321 e. The van der Waals surface area contributed by atoms with Crippen LogP contribution in [0.3, 0.4) is 0 Å². The van der Waals surface area contributed by atoms with Crippen LogP contribution in [0.15, 0.2) is 29.2 Å². The van der Waals surface area contributed by atoms with Gasteiger partial charge in [0.05, 0.1) is 37.7 Å². The first-order valence-corrected chi connectivity index (χ1v) is 10.4. The summed E-state index contributed by atoms with van der Waals surface area (Å²) in [6, 6.07) is 5.85. The maximum atomic E-state index is 12.7. The largest absolute Gasteiger partial charge is 0.494 e. The second kappa shape index (κ2) is 9.67. The molecule has 9 nitrogen and oxygen atoms in total. The summed E-state index contributed by atoms with van der Waals surface area (Å²) < 4.78 is 32.3. The number of piperazine rings is 1. The Hall–Kier alpha value is -2.17. The molecule has 1 aromatic rings. The average molecular weight is 399 g/mol. The van der Waals surface area contributed by atoms with Gasteiger partial charge in [-0.1, -0.05) is 0 Å². The van der Waals surface area contributed by atoms with Crippen molar-refractivity contribution in [3.63, 3.8) is 0 Å². The summed E-state index contributed by atoms with van der Waals surface area (Å²) in [7, 11) is -3.57. The van der Waals surface area contributed by atoms with Crippen LogP contribution in [0.4, 0.5) is 4.79 Å². The normalized spacial score (nSPS) is 15.9. The van der Waals surface area contributed by atoms with Crippen molar-refractivity contribution in [2.24, 2.45) is 0 Å². The number of hydrogen-bond acceptors (Lipinski definition) is 5. The van der Waals surface area contributed by atoms with Gasteiger partial charge in [0.15, 0.2) is 6.54 Å². The van der Waals surface area contributed by atoms with Gasteiger partial charge in [-0.15, -0.1) is 0 Å². The number of rotatable bonds is 7. The number of nitrogens with zero attached hydrogens (tertiary/aromatic N) is 1. The van der Waals surface area contributed by atoms with Crippen LogP contribution in [-0.4, -0.2) is 70.5 Å². The molecule has 0 unspecified atom stereocenters. The zero-order valence-corrected chi connectivity index (χ0v) is 16.5. The zero-order valence-electron chi connectivity index (χ0n) is 15.7. The molecule has 27 heavy (non-hydrogen) atoms. The number of quaternary nitrogens is 1. The second-order valence-electron chi connectivity index (χ2n) is 6.14. The first kappa shape index (κ1) is 21.1. The van der Waals surface area contributed by atoms with E-state index < -0.39 is 16.1 Å². The van der Waals surface area contributed by atoms with Crippen molar-refractivity contribution >= 4 is 22.0 Å². The monoisotopic (exact) mass is 399 g/mol. The van der Waals surface area contributed by atoms with Crippen LogP contribution in [0.25, 0.3) is 0 Å². The first-order valence-electron chi connectivity index (χ1n) is 9.01. The Kier molecular flexibility index (Phi) is 7.57. The highest BCUT2D eigenvalue weighted by Gasteiger charge is 2.31. The van der Waals surface area contributed by atoms with Crippen molar-refractivity contribution in [2.75, 3.05) is 45.9 Å². The first-order chi connectivity index (χ1) is 12.9. The number of sulfonamides is 1. The highest BCUT2D eigenvalue weighted by Crippen LogP contribution is 2.19. The third-order valence-corrected chi connectivity index (χ3v) is 6.12. The Morgan fingerprint density at radius 3 is 2.33 bits per heavy atom. The fourth-order valence-corrected chi connectivity index (χ4v) is 4.29. The van der Waals surface area contributed by atoms with Crippen molar-refractivity contribution in [1.29, 1.82) is 0 Å². The molecule has 1 aromatic carbocycles. The van der Waals surface area contributed by atoms with Gasteiger partial charge in [0.2, 0.25) is 10.0 Å². The van der Waals surface area contributed by atoms with Gasteiger partial charge in [0.1, 0.15) is 5.75 Å². The number of amides is 3. The third-order valence-electron chi connectivity index (χ3n) is 4.20. The highest BCUT2D eigenvalue weighted by atomic mass is 32.2. The Morgan fingerprint density at radius 2 is 1.78 bits per heavy atom. The van der Waals surface area contributed by atoms with Gasteiger partial charge in [0.25, 0.3) is 5.91 Å². The topological polar surface area (TPSA) is 109 Å². The summed E-state index contributed by atoms with van der Waals surface area (Å²) in [5.74, 6) is 0.252. The minimum Gasteiger partial charge on any atom is -0.494 e. The molecule has 150 valence electrons. The molecular weight excluding hydrogens is 372 g/mol. The molecule has 0 radical (unpaired) electrons. The summed E-state index contributed by atoms with van der Waals surface area (Å²) in [5, 5.41) is 4.75. The number of imide groups is 1. The predicted molar refractivity (Wildman–Crippen MR) is 99.1 cm³/mol. The molecule has 1 saturated heterocycles. The molecule has 2 rings (SSSR count). The number of benzene rings is 1. The summed E-state index contributed by atoms with van der Waals surface area (Å²) in [6.45, 7) is 6.35. The fourth-order valence-electron chi connectivity index (χ4n) is 2.85. The molecule has 0 bridgehead atoms. The van der Waals surface area contributed by atoms with Gasteiger partial charge < -0.3 is 15.0 Å². The molecule has 1 aliphatic rings. The van der Waals surface area contributed by atoms with E-state index in [0.717, 1.165) is 4.90 Å². The predicted octanol–water partition coefficient (Wildman–Crippen LogP) is -1.18. The number of carbonyl (C=O) groups excluding carboxylic acids is 2. The van der Waals surface area contributed by atoms with Crippen LogP contribution < -0.4 is 20.3 Å². The van der Waals surface area contributed by atoms with E-state index in [1.54, 1.807) is 31.2 Å². The molecule has 3 N–H and O–H groups in total.